The van der Waals surface area contributed by atoms with Gasteiger partial charge in [0.25, 0.3) is 0 Å². The molecule has 4 nitrogen and oxygen atoms in total. The van der Waals surface area contributed by atoms with Crippen LogP contribution in [0.5, 0.6) is 0 Å². The maximum Gasteiger partial charge on any atom is 0.237 e. The summed E-state index contributed by atoms with van der Waals surface area (Å²) >= 11 is 0. The van der Waals surface area contributed by atoms with Gasteiger partial charge in [0.05, 0.1) is 6.04 Å². The van der Waals surface area contributed by atoms with E-state index in [1.54, 1.807) is 0 Å². The number of pyridine rings is 1. The van der Waals surface area contributed by atoms with Crippen molar-refractivity contribution in [1.29, 1.82) is 0 Å². The number of aryl methyl sites for hydroxylation is 1. The minimum atomic E-state index is -0.00651. The van der Waals surface area contributed by atoms with Gasteiger partial charge in [-0.05, 0) is 51.9 Å². The van der Waals surface area contributed by atoms with E-state index in [9.17, 15) is 4.79 Å². The molecular weight excluding hydrogens is 238 g/mol. The smallest absolute Gasteiger partial charge is 0.237 e. The average Bonchev–Trinajstić information content (AvgIpc) is 2.91. The van der Waals surface area contributed by atoms with Gasteiger partial charge in [0.15, 0.2) is 0 Å². The zero-order valence-corrected chi connectivity index (χ0v) is 11.9. The molecule has 104 valence electrons. The number of nitrogens with zero attached hydrogens (tertiary/aromatic N) is 2. The van der Waals surface area contributed by atoms with Crippen molar-refractivity contribution in [3.63, 3.8) is 0 Å². The van der Waals surface area contributed by atoms with Crippen LogP contribution in [0.1, 0.15) is 31.2 Å². The van der Waals surface area contributed by atoms with Gasteiger partial charge in [-0.25, -0.2) is 0 Å². The van der Waals surface area contributed by atoms with Crippen molar-refractivity contribution in [2.75, 3.05) is 19.6 Å². The van der Waals surface area contributed by atoms with Gasteiger partial charge in [-0.15, -0.1) is 0 Å². The number of nitrogens with one attached hydrogen (secondary N) is 1. The minimum Gasteiger partial charge on any atom is -0.354 e. The van der Waals surface area contributed by atoms with Crippen molar-refractivity contribution in [2.24, 2.45) is 0 Å². The number of hydrogen-bond donors (Lipinski definition) is 1. The molecule has 0 spiro atoms. The van der Waals surface area contributed by atoms with E-state index in [2.05, 4.69) is 15.2 Å². The van der Waals surface area contributed by atoms with Gasteiger partial charge >= 0.3 is 0 Å². The third-order valence-corrected chi connectivity index (χ3v) is 3.69. The molecule has 1 aromatic heterocycles. The molecule has 0 bridgehead atoms. The summed E-state index contributed by atoms with van der Waals surface area (Å²) in [6, 6.07) is 5.99. The normalized spacial score (nSPS) is 17.4. The van der Waals surface area contributed by atoms with Crippen molar-refractivity contribution in [1.82, 2.24) is 15.2 Å². The monoisotopic (exact) mass is 261 g/mol. The number of amides is 1. The molecule has 0 aromatic carbocycles. The second kappa shape index (κ2) is 6.66. The van der Waals surface area contributed by atoms with Gasteiger partial charge in [0.1, 0.15) is 0 Å². The van der Waals surface area contributed by atoms with Crippen LogP contribution in [0.25, 0.3) is 0 Å². The van der Waals surface area contributed by atoms with E-state index in [-0.39, 0.29) is 11.9 Å². The van der Waals surface area contributed by atoms with E-state index in [0.717, 1.165) is 30.9 Å². The number of carbonyl (C=O) groups excluding carboxylic acids is 1. The predicted octanol–water partition coefficient (Wildman–Crippen LogP) is 1.53. The minimum absolute atomic E-state index is 0.00651. The molecule has 1 atom stereocenters. The van der Waals surface area contributed by atoms with Crippen molar-refractivity contribution in [2.45, 2.75) is 39.2 Å². The molecule has 0 unspecified atom stereocenters. The molecule has 2 rings (SSSR count). The summed E-state index contributed by atoms with van der Waals surface area (Å²) in [6.45, 7) is 6.73. The summed E-state index contributed by atoms with van der Waals surface area (Å²) in [5, 5.41) is 3.01. The Kier molecular flexibility index (Phi) is 4.91. The largest absolute Gasteiger partial charge is 0.354 e. The van der Waals surface area contributed by atoms with E-state index in [1.165, 1.54) is 12.8 Å². The standard InChI is InChI=1S/C15H23N3O/c1-12-6-5-7-14(17-12)8-9-16-15(19)13(2)18-10-3-4-11-18/h5-7,13H,3-4,8-11H2,1-2H3,(H,16,19)/t13-/m1/s1. The molecule has 1 fully saturated rings. The zero-order chi connectivity index (χ0) is 13.7. The van der Waals surface area contributed by atoms with Crippen LogP contribution in [0.2, 0.25) is 0 Å². The van der Waals surface area contributed by atoms with Crippen LogP contribution < -0.4 is 5.32 Å². The third-order valence-electron chi connectivity index (χ3n) is 3.69. The Balaban J connectivity index is 1.74. The number of likely N-dealkylation sites (tertiary alicyclic amines) is 1. The zero-order valence-electron chi connectivity index (χ0n) is 11.9. The molecule has 1 aliphatic rings. The second-order valence-corrected chi connectivity index (χ2v) is 5.23. The lowest BCUT2D eigenvalue weighted by molar-refractivity contribution is -0.125. The van der Waals surface area contributed by atoms with Crippen LogP contribution in [0.3, 0.4) is 0 Å². The summed E-state index contributed by atoms with van der Waals surface area (Å²) in [5.41, 5.74) is 2.06. The van der Waals surface area contributed by atoms with Crippen LogP contribution in [0.15, 0.2) is 18.2 Å². The van der Waals surface area contributed by atoms with Crippen LogP contribution in [-0.2, 0) is 11.2 Å². The Labute approximate surface area is 115 Å². The SMILES string of the molecule is Cc1cccc(CCNC(=O)[C@@H](C)N2CCCC2)n1. The van der Waals surface area contributed by atoms with Crippen molar-refractivity contribution < 1.29 is 4.79 Å². The van der Waals surface area contributed by atoms with Crippen LogP contribution in [0.4, 0.5) is 0 Å². The Hall–Kier alpha value is -1.42. The van der Waals surface area contributed by atoms with Crippen LogP contribution in [0, 0.1) is 6.92 Å². The van der Waals surface area contributed by atoms with E-state index < -0.39 is 0 Å². The summed E-state index contributed by atoms with van der Waals surface area (Å²) in [5.74, 6) is 0.134. The number of hydrogen-bond acceptors (Lipinski definition) is 3. The second-order valence-electron chi connectivity index (χ2n) is 5.23. The molecule has 0 saturated carbocycles. The van der Waals surface area contributed by atoms with Gasteiger partial charge < -0.3 is 5.32 Å². The molecule has 0 aliphatic carbocycles. The molecule has 4 heteroatoms. The van der Waals surface area contributed by atoms with Crippen molar-refractivity contribution in [3.8, 4) is 0 Å². The van der Waals surface area contributed by atoms with E-state index in [0.29, 0.717) is 6.54 Å². The Morgan fingerprint density at radius 1 is 1.42 bits per heavy atom. The summed E-state index contributed by atoms with van der Waals surface area (Å²) in [6.07, 6.45) is 3.22. The lowest BCUT2D eigenvalue weighted by Crippen LogP contribution is -2.44. The van der Waals surface area contributed by atoms with E-state index in [1.807, 2.05) is 32.0 Å². The molecule has 1 N–H and O–H groups in total. The van der Waals surface area contributed by atoms with Gasteiger partial charge in [-0.1, -0.05) is 6.07 Å². The maximum absolute atomic E-state index is 12.0. The fraction of sp³-hybridized carbons (Fsp3) is 0.600. The lowest BCUT2D eigenvalue weighted by atomic mass is 10.2. The number of carbonyl (C=O) groups is 1. The molecule has 2 heterocycles. The van der Waals surface area contributed by atoms with Gasteiger partial charge in [-0.2, -0.15) is 0 Å². The quantitative estimate of drug-likeness (QED) is 0.874. The first-order valence-electron chi connectivity index (χ1n) is 7.11. The fourth-order valence-corrected chi connectivity index (χ4v) is 2.49. The first kappa shape index (κ1) is 14.0. The highest BCUT2D eigenvalue weighted by molar-refractivity contribution is 5.81. The van der Waals surface area contributed by atoms with Crippen LogP contribution >= 0.6 is 0 Å². The van der Waals surface area contributed by atoms with Gasteiger partial charge in [-0.3, -0.25) is 14.7 Å². The molecular formula is C15H23N3O. The molecule has 1 amide bonds. The van der Waals surface area contributed by atoms with Gasteiger partial charge in [0, 0.05) is 24.4 Å². The van der Waals surface area contributed by atoms with E-state index >= 15 is 0 Å². The van der Waals surface area contributed by atoms with E-state index in [4.69, 9.17) is 0 Å². The summed E-state index contributed by atoms with van der Waals surface area (Å²) in [7, 11) is 0. The first-order valence-corrected chi connectivity index (χ1v) is 7.11. The molecule has 1 aliphatic heterocycles. The summed E-state index contributed by atoms with van der Waals surface area (Å²) in [4.78, 5) is 18.7. The number of aromatic nitrogens is 1. The topological polar surface area (TPSA) is 45.2 Å². The highest BCUT2D eigenvalue weighted by Gasteiger charge is 2.23. The third kappa shape index (κ3) is 4.03. The van der Waals surface area contributed by atoms with Crippen LogP contribution in [-0.4, -0.2) is 41.5 Å². The Bertz CT molecular complexity index is 427. The highest BCUT2D eigenvalue weighted by atomic mass is 16.2. The fourth-order valence-electron chi connectivity index (χ4n) is 2.49. The van der Waals surface area contributed by atoms with Crippen molar-refractivity contribution in [3.05, 3.63) is 29.6 Å². The lowest BCUT2D eigenvalue weighted by Gasteiger charge is -2.22. The number of rotatable bonds is 5. The summed E-state index contributed by atoms with van der Waals surface area (Å²) < 4.78 is 0. The average molecular weight is 261 g/mol. The highest BCUT2D eigenvalue weighted by Crippen LogP contribution is 2.11. The van der Waals surface area contributed by atoms with Gasteiger partial charge in [0.2, 0.25) is 5.91 Å². The molecule has 1 aromatic rings. The Morgan fingerprint density at radius 3 is 2.84 bits per heavy atom. The molecule has 1 saturated heterocycles. The molecule has 0 radical (unpaired) electrons. The molecule has 19 heavy (non-hydrogen) atoms. The predicted molar refractivity (Wildman–Crippen MR) is 76.0 cm³/mol. The van der Waals surface area contributed by atoms with Crippen molar-refractivity contribution >= 4 is 5.91 Å². The maximum atomic E-state index is 12.0. The Morgan fingerprint density at radius 2 is 2.16 bits per heavy atom. The first-order chi connectivity index (χ1) is 9.16.